The molecule has 1 aliphatic rings. The fourth-order valence-electron chi connectivity index (χ4n) is 2.15. The van der Waals surface area contributed by atoms with E-state index in [4.69, 9.17) is 18.0 Å². The third-order valence-corrected chi connectivity index (χ3v) is 3.35. The van der Waals surface area contributed by atoms with Gasteiger partial charge in [0, 0.05) is 12.2 Å². The van der Waals surface area contributed by atoms with Crippen molar-refractivity contribution in [1.82, 2.24) is 15.7 Å². The smallest absolute Gasteiger partial charge is 0.187 e. The standard InChI is InChI=1S/C13H19N5S/c14-12(11-8-4-5-9-15-11)17-18-13(19)16-10-6-2-1-3-7-10/h4-5,8-10H,1-3,6-7H2,(H2,14,17)(H2,16,18,19). The van der Waals surface area contributed by atoms with Crippen LogP contribution in [0.25, 0.3) is 0 Å². The molecule has 1 aliphatic carbocycles. The van der Waals surface area contributed by atoms with E-state index in [0.29, 0.717) is 22.7 Å². The first-order valence-electron chi connectivity index (χ1n) is 6.57. The number of hydrazone groups is 1. The Hall–Kier alpha value is -1.69. The van der Waals surface area contributed by atoms with Gasteiger partial charge in [-0.2, -0.15) is 5.10 Å². The van der Waals surface area contributed by atoms with Crippen LogP contribution < -0.4 is 16.5 Å². The minimum absolute atomic E-state index is 0.327. The van der Waals surface area contributed by atoms with Gasteiger partial charge in [0.15, 0.2) is 10.9 Å². The molecular formula is C13H19N5S. The predicted octanol–water partition coefficient (Wildman–Crippen LogP) is 1.50. The van der Waals surface area contributed by atoms with E-state index in [-0.39, 0.29) is 0 Å². The van der Waals surface area contributed by atoms with Crippen molar-refractivity contribution in [2.24, 2.45) is 10.8 Å². The average Bonchev–Trinajstić information content (AvgIpc) is 2.47. The van der Waals surface area contributed by atoms with E-state index in [1.807, 2.05) is 12.1 Å². The summed E-state index contributed by atoms with van der Waals surface area (Å²) >= 11 is 5.20. The lowest BCUT2D eigenvalue weighted by molar-refractivity contribution is 0.412. The van der Waals surface area contributed by atoms with Crippen LogP contribution in [0.5, 0.6) is 0 Å². The summed E-state index contributed by atoms with van der Waals surface area (Å²) in [5.41, 5.74) is 9.22. The van der Waals surface area contributed by atoms with Gasteiger partial charge < -0.3 is 11.1 Å². The van der Waals surface area contributed by atoms with Gasteiger partial charge in [-0.05, 0) is 37.2 Å². The molecule has 4 N–H and O–H groups in total. The zero-order valence-electron chi connectivity index (χ0n) is 10.8. The second kappa shape index (κ2) is 7.04. The van der Waals surface area contributed by atoms with Crippen molar-refractivity contribution in [3.63, 3.8) is 0 Å². The fourth-order valence-corrected chi connectivity index (χ4v) is 2.36. The molecule has 0 saturated heterocycles. The minimum Gasteiger partial charge on any atom is -0.380 e. The van der Waals surface area contributed by atoms with Crippen LogP contribution in [0.15, 0.2) is 29.5 Å². The van der Waals surface area contributed by atoms with Crippen LogP contribution in [0.4, 0.5) is 0 Å². The van der Waals surface area contributed by atoms with Gasteiger partial charge in [0.2, 0.25) is 0 Å². The van der Waals surface area contributed by atoms with Crippen LogP contribution in [0.1, 0.15) is 37.8 Å². The lowest BCUT2D eigenvalue weighted by Gasteiger charge is -2.23. The first kappa shape index (κ1) is 13.7. The number of amidine groups is 1. The van der Waals surface area contributed by atoms with Crippen LogP contribution in [0.3, 0.4) is 0 Å². The molecule has 0 spiro atoms. The second-order valence-electron chi connectivity index (χ2n) is 4.63. The van der Waals surface area contributed by atoms with Gasteiger partial charge in [0.25, 0.3) is 0 Å². The van der Waals surface area contributed by atoms with Gasteiger partial charge in [-0.15, -0.1) is 0 Å². The summed E-state index contributed by atoms with van der Waals surface area (Å²) in [6.07, 6.45) is 7.86. The molecular weight excluding hydrogens is 258 g/mol. The SMILES string of the molecule is N/C(=N\NC(=S)NC1CCCCC1)c1ccccn1. The van der Waals surface area contributed by atoms with Crippen molar-refractivity contribution >= 4 is 23.2 Å². The Morgan fingerprint density at radius 3 is 2.79 bits per heavy atom. The molecule has 19 heavy (non-hydrogen) atoms. The normalized spacial score (nSPS) is 16.9. The average molecular weight is 277 g/mol. The van der Waals surface area contributed by atoms with Crippen LogP contribution in [-0.2, 0) is 0 Å². The number of nitrogens with one attached hydrogen (secondary N) is 2. The third-order valence-electron chi connectivity index (χ3n) is 3.15. The van der Waals surface area contributed by atoms with Gasteiger partial charge in [-0.1, -0.05) is 25.3 Å². The summed E-state index contributed by atoms with van der Waals surface area (Å²) in [6, 6.07) is 5.96. The molecule has 2 rings (SSSR count). The van der Waals surface area contributed by atoms with E-state index >= 15 is 0 Å². The number of nitrogens with zero attached hydrogens (tertiary/aromatic N) is 2. The summed E-state index contributed by atoms with van der Waals surface area (Å²) in [4.78, 5) is 4.11. The van der Waals surface area contributed by atoms with E-state index < -0.39 is 0 Å². The number of hydrogen-bond acceptors (Lipinski definition) is 3. The van der Waals surface area contributed by atoms with Gasteiger partial charge >= 0.3 is 0 Å². The Balaban J connectivity index is 1.82. The first-order chi connectivity index (χ1) is 9.25. The molecule has 0 amide bonds. The number of pyridine rings is 1. The molecule has 0 atom stereocenters. The molecule has 1 saturated carbocycles. The fraction of sp³-hybridized carbons (Fsp3) is 0.462. The highest BCUT2D eigenvalue weighted by Crippen LogP contribution is 2.17. The highest BCUT2D eigenvalue weighted by atomic mass is 32.1. The van der Waals surface area contributed by atoms with E-state index in [1.165, 1.54) is 32.1 Å². The number of thiocarbonyl (C=S) groups is 1. The Bertz CT molecular complexity index is 440. The quantitative estimate of drug-likeness (QED) is 0.338. The maximum absolute atomic E-state index is 5.81. The van der Waals surface area contributed by atoms with Crippen molar-refractivity contribution in [3.8, 4) is 0 Å². The maximum atomic E-state index is 5.81. The Morgan fingerprint density at radius 2 is 2.11 bits per heavy atom. The molecule has 1 aromatic heterocycles. The second-order valence-corrected chi connectivity index (χ2v) is 5.04. The molecule has 0 aromatic carbocycles. The van der Waals surface area contributed by atoms with E-state index in [1.54, 1.807) is 12.3 Å². The Labute approximate surface area is 118 Å². The molecule has 0 bridgehead atoms. The number of aromatic nitrogens is 1. The van der Waals surface area contributed by atoms with Gasteiger partial charge in [0.05, 0.1) is 0 Å². The number of hydrogen-bond donors (Lipinski definition) is 3. The monoisotopic (exact) mass is 277 g/mol. The zero-order chi connectivity index (χ0) is 13.5. The number of nitrogens with two attached hydrogens (primary N) is 1. The molecule has 102 valence electrons. The van der Waals surface area contributed by atoms with Crippen LogP contribution >= 0.6 is 12.2 Å². The van der Waals surface area contributed by atoms with Crippen molar-refractivity contribution in [1.29, 1.82) is 0 Å². The van der Waals surface area contributed by atoms with E-state index in [2.05, 4.69) is 20.8 Å². The van der Waals surface area contributed by atoms with Crippen LogP contribution in [-0.4, -0.2) is 22.0 Å². The number of rotatable bonds is 3. The topological polar surface area (TPSA) is 75.3 Å². The third kappa shape index (κ3) is 4.48. The van der Waals surface area contributed by atoms with Crippen molar-refractivity contribution in [3.05, 3.63) is 30.1 Å². The molecule has 5 nitrogen and oxygen atoms in total. The Kier molecular flexibility index (Phi) is 5.09. The molecule has 1 aromatic rings. The highest BCUT2D eigenvalue weighted by Gasteiger charge is 2.13. The highest BCUT2D eigenvalue weighted by molar-refractivity contribution is 7.80. The van der Waals surface area contributed by atoms with E-state index in [9.17, 15) is 0 Å². The zero-order valence-corrected chi connectivity index (χ0v) is 11.6. The van der Waals surface area contributed by atoms with Crippen LogP contribution in [0, 0.1) is 0 Å². The van der Waals surface area contributed by atoms with E-state index in [0.717, 1.165) is 0 Å². The molecule has 0 radical (unpaired) electrons. The maximum Gasteiger partial charge on any atom is 0.187 e. The molecule has 6 heteroatoms. The predicted molar refractivity (Wildman–Crippen MR) is 80.7 cm³/mol. The minimum atomic E-state index is 0.327. The first-order valence-corrected chi connectivity index (χ1v) is 6.97. The summed E-state index contributed by atoms with van der Waals surface area (Å²) in [5, 5.41) is 7.82. The van der Waals surface area contributed by atoms with Crippen LogP contribution in [0.2, 0.25) is 0 Å². The summed E-state index contributed by atoms with van der Waals surface area (Å²) in [7, 11) is 0. The van der Waals surface area contributed by atoms with Crippen molar-refractivity contribution in [2.45, 2.75) is 38.1 Å². The lowest BCUT2D eigenvalue weighted by Crippen LogP contribution is -2.41. The molecule has 1 fully saturated rings. The van der Waals surface area contributed by atoms with Gasteiger partial charge in [0.1, 0.15) is 5.69 Å². The molecule has 1 heterocycles. The molecule has 0 aliphatic heterocycles. The molecule has 0 unspecified atom stereocenters. The largest absolute Gasteiger partial charge is 0.380 e. The Morgan fingerprint density at radius 1 is 1.32 bits per heavy atom. The van der Waals surface area contributed by atoms with Crippen molar-refractivity contribution < 1.29 is 0 Å². The lowest BCUT2D eigenvalue weighted by atomic mass is 9.96. The van der Waals surface area contributed by atoms with Gasteiger partial charge in [-0.3, -0.25) is 10.4 Å². The summed E-state index contributed by atoms with van der Waals surface area (Å²) in [5.74, 6) is 0.327. The summed E-state index contributed by atoms with van der Waals surface area (Å²) in [6.45, 7) is 0. The van der Waals surface area contributed by atoms with Crippen molar-refractivity contribution in [2.75, 3.05) is 0 Å². The van der Waals surface area contributed by atoms with Gasteiger partial charge in [-0.25, -0.2) is 0 Å². The summed E-state index contributed by atoms with van der Waals surface area (Å²) < 4.78 is 0.